The summed E-state index contributed by atoms with van der Waals surface area (Å²) in [6.07, 6.45) is 1.67. The lowest BCUT2D eigenvalue weighted by molar-refractivity contribution is 0.497. The Bertz CT molecular complexity index is 706. The number of hydrogen-bond acceptors (Lipinski definition) is 4. The van der Waals surface area contributed by atoms with E-state index in [1.165, 1.54) is 0 Å². The average Bonchev–Trinajstić information content (AvgIpc) is 2.57. The molecule has 116 valence electrons. The van der Waals surface area contributed by atoms with Crippen LogP contribution < -0.4 is 5.32 Å². The van der Waals surface area contributed by atoms with Crippen molar-refractivity contribution >= 4 is 21.6 Å². The first-order valence-corrected chi connectivity index (χ1v) is 9.80. The van der Waals surface area contributed by atoms with Crippen molar-refractivity contribution in [3.8, 4) is 0 Å². The topological polar surface area (TPSA) is 46.2 Å². The molecule has 2 aromatic carbocycles. The van der Waals surface area contributed by atoms with Crippen LogP contribution in [0.15, 0.2) is 69.3 Å². The van der Waals surface area contributed by atoms with Crippen molar-refractivity contribution in [2.24, 2.45) is 0 Å². The first kappa shape index (κ1) is 15.6. The molecule has 0 saturated carbocycles. The van der Waals surface area contributed by atoms with E-state index in [0.29, 0.717) is 11.4 Å². The number of benzene rings is 2. The van der Waals surface area contributed by atoms with E-state index in [9.17, 15) is 8.42 Å². The van der Waals surface area contributed by atoms with Crippen LogP contribution in [0.5, 0.6) is 0 Å². The molecule has 1 saturated heterocycles. The molecule has 0 aliphatic carbocycles. The van der Waals surface area contributed by atoms with Crippen molar-refractivity contribution < 1.29 is 8.42 Å². The summed E-state index contributed by atoms with van der Waals surface area (Å²) >= 11 is 1.64. The molecule has 3 nitrogen and oxygen atoms in total. The quantitative estimate of drug-likeness (QED) is 0.932. The molecule has 5 heteroatoms. The molecular weight excluding hydrogens is 314 g/mol. The van der Waals surface area contributed by atoms with Gasteiger partial charge >= 0.3 is 0 Å². The molecule has 0 spiro atoms. The maximum atomic E-state index is 12.6. The Kier molecular flexibility index (Phi) is 4.86. The number of sulfone groups is 1. The second kappa shape index (κ2) is 6.86. The Balaban J connectivity index is 1.76. The summed E-state index contributed by atoms with van der Waals surface area (Å²) in [5, 5.41) is 2.87. The van der Waals surface area contributed by atoms with Gasteiger partial charge in [0.25, 0.3) is 0 Å². The predicted octanol–water partition coefficient (Wildman–Crippen LogP) is 3.36. The molecule has 1 heterocycles. The lowest BCUT2D eigenvalue weighted by atomic mass is 10.2. The Morgan fingerprint density at radius 1 is 0.955 bits per heavy atom. The fourth-order valence-corrected chi connectivity index (χ4v) is 5.15. The zero-order chi connectivity index (χ0) is 15.4. The van der Waals surface area contributed by atoms with Gasteiger partial charge in [-0.2, -0.15) is 0 Å². The van der Waals surface area contributed by atoms with Crippen LogP contribution in [0.3, 0.4) is 0 Å². The van der Waals surface area contributed by atoms with Crippen molar-refractivity contribution in [2.75, 3.05) is 13.1 Å². The highest BCUT2D eigenvalue weighted by molar-refractivity contribution is 7.99. The molecule has 1 aliphatic heterocycles. The first-order chi connectivity index (χ1) is 10.7. The maximum absolute atomic E-state index is 12.6. The van der Waals surface area contributed by atoms with Gasteiger partial charge in [-0.3, -0.25) is 0 Å². The average molecular weight is 333 g/mol. The minimum atomic E-state index is -3.22. The molecular formula is C17H19NO2S2. The van der Waals surface area contributed by atoms with Gasteiger partial charge in [-0.25, -0.2) is 8.42 Å². The van der Waals surface area contributed by atoms with Gasteiger partial charge in [0.15, 0.2) is 9.84 Å². The van der Waals surface area contributed by atoms with Gasteiger partial charge in [-0.1, -0.05) is 30.0 Å². The van der Waals surface area contributed by atoms with E-state index in [4.69, 9.17) is 0 Å². The third-order valence-corrected chi connectivity index (χ3v) is 7.05. The minimum absolute atomic E-state index is 0.297. The van der Waals surface area contributed by atoms with Crippen LogP contribution in [0.1, 0.15) is 12.8 Å². The summed E-state index contributed by atoms with van der Waals surface area (Å²) in [4.78, 5) is 2.63. The van der Waals surface area contributed by atoms with E-state index in [-0.39, 0.29) is 5.25 Å². The van der Waals surface area contributed by atoms with Gasteiger partial charge < -0.3 is 5.32 Å². The summed E-state index contributed by atoms with van der Waals surface area (Å²) in [6.45, 7) is 1.47. The van der Waals surface area contributed by atoms with Gasteiger partial charge in [0, 0.05) is 16.3 Å². The third kappa shape index (κ3) is 3.54. The van der Waals surface area contributed by atoms with Crippen molar-refractivity contribution in [3.63, 3.8) is 0 Å². The SMILES string of the molecule is O=S(=O)(c1ccc(Sc2ccccc2)cc1)C1CCCNC1. The maximum Gasteiger partial charge on any atom is 0.182 e. The Labute approximate surface area is 136 Å². The fraction of sp³-hybridized carbons (Fsp3) is 0.294. The van der Waals surface area contributed by atoms with Crippen LogP contribution in [-0.2, 0) is 9.84 Å². The lowest BCUT2D eigenvalue weighted by Gasteiger charge is -2.22. The van der Waals surface area contributed by atoms with Gasteiger partial charge in [0.2, 0.25) is 0 Å². The summed E-state index contributed by atoms with van der Waals surface area (Å²) in [6, 6.07) is 17.3. The number of rotatable bonds is 4. The Morgan fingerprint density at radius 2 is 1.64 bits per heavy atom. The van der Waals surface area contributed by atoms with Gasteiger partial charge in [0.1, 0.15) is 0 Å². The van der Waals surface area contributed by atoms with Crippen LogP contribution in [0.2, 0.25) is 0 Å². The number of piperidine rings is 1. The zero-order valence-corrected chi connectivity index (χ0v) is 13.9. The van der Waals surface area contributed by atoms with Crippen LogP contribution in [0, 0.1) is 0 Å². The van der Waals surface area contributed by atoms with Gasteiger partial charge in [-0.05, 0) is 55.8 Å². The molecule has 2 aromatic rings. The molecule has 1 N–H and O–H groups in total. The van der Waals surface area contributed by atoms with Crippen LogP contribution >= 0.6 is 11.8 Å². The minimum Gasteiger partial charge on any atom is -0.315 e. The molecule has 0 aromatic heterocycles. The highest BCUT2D eigenvalue weighted by Gasteiger charge is 2.28. The van der Waals surface area contributed by atoms with Gasteiger partial charge in [-0.15, -0.1) is 0 Å². The van der Waals surface area contributed by atoms with Crippen LogP contribution in [0.25, 0.3) is 0 Å². The Morgan fingerprint density at radius 3 is 2.27 bits per heavy atom. The highest BCUT2D eigenvalue weighted by Crippen LogP contribution is 2.29. The van der Waals surface area contributed by atoms with E-state index in [1.807, 2.05) is 42.5 Å². The molecule has 0 radical (unpaired) electrons. The smallest absolute Gasteiger partial charge is 0.182 e. The Hall–Kier alpha value is -1.30. The molecule has 3 rings (SSSR count). The van der Waals surface area contributed by atoms with E-state index < -0.39 is 9.84 Å². The summed E-state index contributed by atoms with van der Waals surface area (Å²) in [5.41, 5.74) is 0. The van der Waals surface area contributed by atoms with Crippen LogP contribution in [0.4, 0.5) is 0 Å². The lowest BCUT2D eigenvalue weighted by Crippen LogP contribution is -2.38. The summed E-state index contributed by atoms with van der Waals surface area (Å²) in [7, 11) is -3.22. The molecule has 0 bridgehead atoms. The number of hydrogen-bond donors (Lipinski definition) is 1. The van der Waals surface area contributed by atoms with Crippen molar-refractivity contribution in [1.29, 1.82) is 0 Å². The number of nitrogens with one attached hydrogen (secondary N) is 1. The van der Waals surface area contributed by atoms with Crippen molar-refractivity contribution in [1.82, 2.24) is 5.32 Å². The summed E-state index contributed by atoms with van der Waals surface area (Å²) < 4.78 is 25.2. The van der Waals surface area contributed by atoms with E-state index >= 15 is 0 Å². The third-order valence-electron chi connectivity index (χ3n) is 3.82. The molecule has 1 atom stereocenters. The zero-order valence-electron chi connectivity index (χ0n) is 12.2. The second-order valence-corrected chi connectivity index (χ2v) is 8.77. The van der Waals surface area contributed by atoms with Crippen molar-refractivity contribution in [2.45, 2.75) is 32.8 Å². The van der Waals surface area contributed by atoms with E-state index in [0.717, 1.165) is 29.2 Å². The largest absolute Gasteiger partial charge is 0.315 e. The van der Waals surface area contributed by atoms with Crippen molar-refractivity contribution in [3.05, 3.63) is 54.6 Å². The predicted molar refractivity (Wildman–Crippen MR) is 90.1 cm³/mol. The molecule has 1 aliphatic rings. The van der Waals surface area contributed by atoms with E-state index in [1.54, 1.807) is 23.9 Å². The van der Waals surface area contributed by atoms with Gasteiger partial charge in [0.05, 0.1) is 10.1 Å². The van der Waals surface area contributed by atoms with E-state index in [2.05, 4.69) is 5.32 Å². The van der Waals surface area contributed by atoms with Crippen LogP contribution in [-0.4, -0.2) is 26.8 Å². The molecule has 1 fully saturated rings. The first-order valence-electron chi connectivity index (χ1n) is 7.44. The molecule has 22 heavy (non-hydrogen) atoms. The monoisotopic (exact) mass is 333 g/mol. The normalized spacial score (nSPS) is 19.0. The second-order valence-electron chi connectivity index (χ2n) is 5.40. The fourth-order valence-electron chi connectivity index (χ4n) is 2.60. The molecule has 0 amide bonds. The summed E-state index contributed by atoms with van der Waals surface area (Å²) in [5.74, 6) is 0. The highest BCUT2D eigenvalue weighted by atomic mass is 32.2. The standard InChI is InChI=1S/C17H19NO2S2/c19-22(20,17-7-4-12-18-13-17)16-10-8-15(9-11-16)21-14-5-2-1-3-6-14/h1-3,5-6,8-11,17-18H,4,7,12-13H2. The molecule has 1 unspecified atom stereocenters.